The molecular weight excluding hydrogens is 250 g/mol. The number of nitrogens with one attached hydrogen (secondary N) is 1. The standard InChI is InChI=1S/C16H27N3O/c1-13(2)18-10-15-4-5-16(20-15)12-19(3)11-14-6-8-17-9-7-14/h6-9,13,15-16,18H,4-5,10-12H2,1-3H3. The molecule has 2 atom stereocenters. The van der Waals surface area contributed by atoms with Gasteiger partial charge in [-0.3, -0.25) is 9.88 Å². The van der Waals surface area contributed by atoms with Crippen LogP contribution in [0.5, 0.6) is 0 Å². The highest BCUT2D eigenvalue weighted by atomic mass is 16.5. The first-order valence-electron chi connectivity index (χ1n) is 7.59. The quantitative estimate of drug-likeness (QED) is 0.828. The Morgan fingerprint density at radius 2 is 2.00 bits per heavy atom. The van der Waals surface area contributed by atoms with Crippen LogP contribution in [0.1, 0.15) is 32.3 Å². The van der Waals surface area contributed by atoms with Gasteiger partial charge in [0.15, 0.2) is 0 Å². The van der Waals surface area contributed by atoms with Gasteiger partial charge in [0.25, 0.3) is 0 Å². The molecule has 1 aliphatic rings. The topological polar surface area (TPSA) is 37.4 Å². The van der Waals surface area contributed by atoms with Gasteiger partial charge in [0, 0.05) is 38.1 Å². The third-order valence-electron chi connectivity index (χ3n) is 3.67. The lowest BCUT2D eigenvalue weighted by Crippen LogP contribution is -2.34. The number of aromatic nitrogens is 1. The fourth-order valence-corrected chi connectivity index (χ4v) is 2.64. The van der Waals surface area contributed by atoms with E-state index in [9.17, 15) is 0 Å². The molecule has 1 fully saturated rings. The maximum absolute atomic E-state index is 6.10. The molecule has 1 saturated heterocycles. The minimum absolute atomic E-state index is 0.376. The normalized spacial score (nSPS) is 22.9. The van der Waals surface area contributed by atoms with Crippen LogP contribution >= 0.6 is 0 Å². The van der Waals surface area contributed by atoms with Crippen molar-refractivity contribution in [3.63, 3.8) is 0 Å². The summed E-state index contributed by atoms with van der Waals surface area (Å²) in [6.45, 7) is 7.28. The molecule has 20 heavy (non-hydrogen) atoms. The van der Waals surface area contributed by atoms with Gasteiger partial charge in [-0.25, -0.2) is 0 Å². The lowest BCUT2D eigenvalue weighted by molar-refractivity contribution is 0.0259. The van der Waals surface area contributed by atoms with Crippen LogP contribution in [0.2, 0.25) is 0 Å². The molecule has 0 radical (unpaired) electrons. The second-order valence-electron chi connectivity index (χ2n) is 6.07. The molecular formula is C16H27N3O. The second-order valence-corrected chi connectivity index (χ2v) is 6.07. The van der Waals surface area contributed by atoms with Gasteiger partial charge in [-0.15, -0.1) is 0 Å². The molecule has 0 aliphatic carbocycles. The highest BCUT2D eigenvalue weighted by molar-refractivity contribution is 5.09. The Morgan fingerprint density at radius 3 is 2.70 bits per heavy atom. The molecule has 1 aromatic rings. The zero-order valence-corrected chi connectivity index (χ0v) is 12.9. The Hall–Kier alpha value is -0.970. The van der Waals surface area contributed by atoms with Gasteiger partial charge in [0.2, 0.25) is 0 Å². The van der Waals surface area contributed by atoms with Gasteiger partial charge >= 0.3 is 0 Å². The van der Waals surface area contributed by atoms with Crippen molar-refractivity contribution in [1.29, 1.82) is 0 Å². The smallest absolute Gasteiger partial charge is 0.0707 e. The van der Waals surface area contributed by atoms with Crippen LogP contribution in [0.3, 0.4) is 0 Å². The maximum Gasteiger partial charge on any atom is 0.0707 e. The summed E-state index contributed by atoms with van der Waals surface area (Å²) in [5.41, 5.74) is 1.30. The molecule has 0 amide bonds. The second kappa shape index (κ2) is 7.72. The number of likely N-dealkylation sites (N-methyl/N-ethyl adjacent to an activating group) is 1. The van der Waals surface area contributed by atoms with Gasteiger partial charge < -0.3 is 10.1 Å². The third-order valence-corrected chi connectivity index (χ3v) is 3.67. The van der Waals surface area contributed by atoms with Crippen LogP contribution < -0.4 is 5.32 Å². The summed E-state index contributed by atoms with van der Waals surface area (Å²) >= 11 is 0. The highest BCUT2D eigenvalue weighted by Gasteiger charge is 2.25. The van der Waals surface area contributed by atoms with Crippen LogP contribution in [0.25, 0.3) is 0 Å². The zero-order valence-electron chi connectivity index (χ0n) is 12.9. The van der Waals surface area contributed by atoms with Gasteiger partial charge in [0.1, 0.15) is 0 Å². The molecule has 0 bridgehead atoms. The van der Waals surface area contributed by atoms with Gasteiger partial charge in [-0.2, -0.15) is 0 Å². The molecule has 1 aromatic heterocycles. The molecule has 0 aromatic carbocycles. The number of pyridine rings is 1. The number of hydrogen-bond acceptors (Lipinski definition) is 4. The van der Waals surface area contributed by atoms with Gasteiger partial charge in [0.05, 0.1) is 12.2 Å². The van der Waals surface area contributed by atoms with E-state index in [0.29, 0.717) is 18.2 Å². The fraction of sp³-hybridized carbons (Fsp3) is 0.688. The van der Waals surface area contributed by atoms with Crippen molar-refractivity contribution in [3.05, 3.63) is 30.1 Å². The van der Waals surface area contributed by atoms with Crippen molar-refractivity contribution in [2.75, 3.05) is 20.1 Å². The summed E-state index contributed by atoms with van der Waals surface area (Å²) in [7, 11) is 2.16. The van der Waals surface area contributed by atoms with Crippen molar-refractivity contribution in [1.82, 2.24) is 15.2 Å². The van der Waals surface area contributed by atoms with Crippen molar-refractivity contribution >= 4 is 0 Å². The molecule has 112 valence electrons. The third kappa shape index (κ3) is 5.19. The van der Waals surface area contributed by atoms with Crippen LogP contribution in [0, 0.1) is 0 Å². The van der Waals surface area contributed by atoms with Crippen LogP contribution in [-0.2, 0) is 11.3 Å². The fourth-order valence-electron chi connectivity index (χ4n) is 2.64. The Bertz CT molecular complexity index is 383. The molecule has 2 unspecified atom stereocenters. The minimum Gasteiger partial charge on any atom is -0.372 e. The number of rotatable bonds is 7. The van der Waals surface area contributed by atoms with Crippen molar-refractivity contribution < 1.29 is 4.74 Å². The Labute approximate surface area is 122 Å². The van der Waals surface area contributed by atoms with E-state index in [-0.39, 0.29) is 0 Å². The zero-order chi connectivity index (χ0) is 14.4. The van der Waals surface area contributed by atoms with E-state index in [4.69, 9.17) is 4.74 Å². The molecule has 0 spiro atoms. The molecule has 2 rings (SSSR count). The van der Waals surface area contributed by atoms with E-state index in [1.54, 1.807) is 0 Å². The average Bonchev–Trinajstić information content (AvgIpc) is 2.85. The molecule has 1 aliphatic heterocycles. The summed E-state index contributed by atoms with van der Waals surface area (Å²) in [5.74, 6) is 0. The number of nitrogens with zero attached hydrogens (tertiary/aromatic N) is 2. The van der Waals surface area contributed by atoms with Crippen LogP contribution in [0.4, 0.5) is 0 Å². The van der Waals surface area contributed by atoms with Crippen molar-refractivity contribution in [2.45, 2.75) is 51.5 Å². The van der Waals surface area contributed by atoms with E-state index in [2.05, 4.69) is 48.2 Å². The molecule has 0 saturated carbocycles. The molecule has 2 heterocycles. The van der Waals surface area contributed by atoms with E-state index >= 15 is 0 Å². The highest BCUT2D eigenvalue weighted by Crippen LogP contribution is 2.20. The van der Waals surface area contributed by atoms with Gasteiger partial charge in [-0.1, -0.05) is 13.8 Å². The largest absolute Gasteiger partial charge is 0.372 e. The van der Waals surface area contributed by atoms with Crippen LogP contribution in [0.15, 0.2) is 24.5 Å². The van der Waals surface area contributed by atoms with E-state index in [0.717, 1.165) is 19.6 Å². The van der Waals surface area contributed by atoms with E-state index in [1.807, 2.05) is 12.4 Å². The Morgan fingerprint density at radius 1 is 1.30 bits per heavy atom. The Kier molecular flexibility index (Phi) is 5.95. The predicted octanol–water partition coefficient (Wildman–Crippen LogP) is 2.06. The number of ether oxygens (including phenoxy) is 1. The lowest BCUT2D eigenvalue weighted by Gasteiger charge is -2.22. The first-order chi connectivity index (χ1) is 9.63. The molecule has 1 N–H and O–H groups in total. The summed E-state index contributed by atoms with van der Waals surface area (Å²) < 4.78 is 6.10. The van der Waals surface area contributed by atoms with E-state index < -0.39 is 0 Å². The first-order valence-corrected chi connectivity index (χ1v) is 7.59. The minimum atomic E-state index is 0.376. The summed E-state index contributed by atoms with van der Waals surface area (Å²) in [4.78, 5) is 6.38. The maximum atomic E-state index is 6.10. The summed E-state index contributed by atoms with van der Waals surface area (Å²) in [6.07, 6.45) is 6.81. The lowest BCUT2D eigenvalue weighted by atomic mass is 10.1. The number of hydrogen-bond donors (Lipinski definition) is 1. The van der Waals surface area contributed by atoms with E-state index in [1.165, 1.54) is 18.4 Å². The molecule has 4 heteroatoms. The average molecular weight is 277 g/mol. The molecule has 4 nitrogen and oxygen atoms in total. The van der Waals surface area contributed by atoms with Crippen LogP contribution in [-0.4, -0.2) is 48.3 Å². The van der Waals surface area contributed by atoms with Gasteiger partial charge in [-0.05, 0) is 37.6 Å². The van der Waals surface area contributed by atoms with Crippen molar-refractivity contribution in [2.24, 2.45) is 0 Å². The summed E-state index contributed by atoms with van der Waals surface area (Å²) in [6, 6.07) is 4.68. The Balaban J connectivity index is 1.69. The summed E-state index contributed by atoms with van der Waals surface area (Å²) in [5, 5.41) is 3.46. The predicted molar refractivity (Wildman–Crippen MR) is 81.6 cm³/mol. The monoisotopic (exact) mass is 277 g/mol. The first kappa shape index (κ1) is 15.4. The SMILES string of the molecule is CC(C)NCC1CCC(CN(C)Cc2ccncc2)O1. The van der Waals surface area contributed by atoms with Crippen molar-refractivity contribution in [3.8, 4) is 0 Å².